The number of nitrogens with zero attached hydrogens (tertiary/aromatic N) is 6. The Morgan fingerprint density at radius 1 is 1.00 bits per heavy atom. The van der Waals surface area contributed by atoms with Crippen molar-refractivity contribution in [1.29, 1.82) is 0 Å². The Labute approximate surface area is 370 Å². The molecule has 17 nitrogen and oxygen atoms in total. The number of hydrogen-bond acceptors (Lipinski definition) is 13. The summed E-state index contributed by atoms with van der Waals surface area (Å²) in [6.07, 6.45) is 6.36. The van der Waals surface area contributed by atoms with E-state index in [2.05, 4.69) is 41.0 Å². The zero-order valence-electron chi connectivity index (χ0n) is 36.2. The molecule has 1 unspecified atom stereocenters. The number of hydrogen-bond donors (Lipinski definition) is 4. The van der Waals surface area contributed by atoms with Crippen LogP contribution >= 0.6 is 11.6 Å². The Hall–Kier alpha value is -5.94. The van der Waals surface area contributed by atoms with Crippen LogP contribution in [0.5, 0.6) is 11.5 Å². The first-order valence-electron chi connectivity index (χ1n) is 21.7. The predicted octanol–water partition coefficient (Wildman–Crippen LogP) is 4.26. The molecule has 1 atom stereocenters. The van der Waals surface area contributed by atoms with Gasteiger partial charge in [0, 0.05) is 68.7 Å². The molecule has 2 aromatic carbocycles. The summed E-state index contributed by atoms with van der Waals surface area (Å²) in [4.78, 5) is 78.7. The molecule has 0 bridgehead atoms. The first-order chi connectivity index (χ1) is 30.3. The monoisotopic (exact) mass is 882 g/mol. The molecular formula is C45H55ClN10O7. The number of imide groups is 1. The SMILES string of the molecule is CNC(=O)COc1cc2cc(Nc3nc(N4CCC(CN5CCC6(CC5)CN(c5cccc(C(=O)NC7CCC(=O)NC7=O)c5OC)C6)CC4)ncc3Cl)ccc2n(C(C)C)c1=O. The van der Waals surface area contributed by atoms with E-state index in [0.29, 0.717) is 34.0 Å². The molecule has 0 aliphatic carbocycles. The van der Waals surface area contributed by atoms with Crippen molar-refractivity contribution in [3.05, 3.63) is 69.6 Å². The fraction of sp³-hybridized carbons (Fsp3) is 0.489. The number of fused-ring (bicyclic) bond motifs is 1. The van der Waals surface area contributed by atoms with Crippen LogP contribution in [0.25, 0.3) is 10.9 Å². The number of methoxy groups -OCH3 is 1. The lowest BCUT2D eigenvalue weighted by Gasteiger charge is -2.55. The number of anilines is 4. The molecular weight excluding hydrogens is 828 g/mol. The average Bonchev–Trinajstić information content (AvgIpc) is 3.26. The zero-order chi connectivity index (χ0) is 44.4. The normalized spacial score (nSPS) is 19.2. The van der Waals surface area contributed by atoms with Crippen molar-refractivity contribution in [2.75, 3.05) is 81.7 Å². The lowest BCUT2D eigenvalue weighted by atomic mass is 9.71. The number of carbonyl (C=O) groups excluding carboxylic acids is 4. The third-order valence-corrected chi connectivity index (χ3v) is 13.1. The molecule has 334 valence electrons. The maximum absolute atomic E-state index is 13.3. The second-order valence-corrected chi connectivity index (χ2v) is 17.8. The summed E-state index contributed by atoms with van der Waals surface area (Å²) >= 11 is 6.62. The third-order valence-electron chi connectivity index (χ3n) is 12.9. The fourth-order valence-corrected chi connectivity index (χ4v) is 9.48. The van der Waals surface area contributed by atoms with Gasteiger partial charge in [-0.2, -0.15) is 4.98 Å². The lowest BCUT2D eigenvalue weighted by Crippen LogP contribution is -2.61. The highest BCUT2D eigenvalue weighted by Crippen LogP contribution is 2.46. The second-order valence-electron chi connectivity index (χ2n) is 17.4. The van der Waals surface area contributed by atoms with Crippen LogP contribution in [-0.4, -0.2) is 116 Å². The molecule has 63 heavy (non-hydrogen) atoms. The smallest absolute Gasteiger partial charge is 0.293 e. The number of para-hydroxylation sites is 1. The van der Waals surface area contributed by atoms with E-state index in [9.17, 15) is 24.0 Å². The highest BCUT2D eigenvalue weighted by Gasteiger charge is 2.46. The minimum Gasteiger partial charge on any atom is -0.494 e. The quantitative estimate of drug-likeness (QED) is 0.140. The molecule has 4 aliphatic heterocycles. The molecule has 4 aliphatic rings. The van der Waals surface area contributed by atoms with Crippen LogP contribution < -0.4 is 46.1 Å². The second kappa shape index (κ2) is 18.4. The van der Waals surface area contributed by atoms with E-state index in [1.54, 1.807) is 30.0 Å². The van der Waals surface area contributed by atoms with E-state index in [1.165, 1.54) is 7.05 Å². The minimum absolute atomic E-state index is 0.0953. The van der Waals surface area contributed by atoms with E-state index >= 15 is 0 Å². The predicted molar refractivity (Wildman–Crippen MR) is 240 cm³/mol. The summed E-state index contributed by atoms with van der Waals surface area (Å²) in [5.41, 5.74) is 2.62. The van der Waals surface area contributed by atoms with Crippen LogP contribution in [-0.2, 0) is 14.4 Å². The number of halogens is 1. The van der Waals surface area contributed by atoms with E-state index in [4.69, 9.17) is 26.1 Å². The molecule has 0 radical (unpaired) electrons. The highest BCUT2D eigenvalue weighted by molar-refractivity contribution is 6.33. The Bertz CT molecular complexity index is 2450. The summed E-state index contributed by atoms with van der Waals surface area (Å²) in [5, 5.41) is 12.1. The van der Waals surface area contributed by atoms with Crippen LogP contribution in [0.15, 0.2) is 53.5 Å². The first kappa shape index (κ1) is 43.7. The van der Waals surface area contributed by atoms with Gasteiger partial charge >= 0.3 is 0 Å². The summed E-state index contributed by atoms with van der Waals surface area (Å²) in [6, 6.07) is 11.9. The van der Waals surface area contributed by atoms with Gasteiger partial charge in [0.1, 0.15) is 11.1 Å². The minimum atomic E-state index is -0.762. The molecule has 4 fully saturated rings. The Kier molecular flexibility index (Phi) is 12.8. The number of aromatic nitrogens is 3. The van der Waals surface area contributed by atoms with Crippen LogP contribution in [0.4, 0.5) is 23.1 Å². The maximum atomic E-state index is 13.3. The Balaban J connectivity index is 0.830. The van der Waals surface area contributed by atoms with Gasteiger partial charge in [-0.05, 0) is 101 Å². The Morgan fingerprint density at radius 3 is 2.46 bits per heavy atom. The zero-order valence-corrected chi connectivity index (χ0v) is 36.9. The van der Waals surface area contributed by atoms with E-state index in [1.807, 2.05) is 44.2 Å². The number of piperidine rings is 3. The number of ether oxygens (including phenoxy) is 2. The number of pyridine rings is 1. The van der Waals surface area contributed by atoms with Crippen molar-refractivity contribution in [2.24, 2.45) is 11.3 Å². The topological polar surface area (TPSA) is 192 Å². The summed E-state index contributed by atoms with van der Waals surface area (Å²) < 4.78 is 13.0. The molecule has 8 rings (SSSR count). The molecule has 4 amide bonds. The third kappa shape index (κ3) is 9.39. The first-order valence-corrected chi connectivity index (χ1v) is 22.1. The van der Waals surface area contributed by atoms with Crippen molar-refractivity contribution in [1.82, 2.24) is 35.4 Å². The summed E-state index contributed by atoms with van der Waals surface area (Å²) in [5.74, 6) is 0.707. The number of carbonyl (C=O) groups is 4. The van der Waals surface area contributed by atoms with Crippen molar-refractivity contribution < 1.29 is 28.7 Å². The van der Waals surface area contributed by atoms with Crippen LogP contribution in [0.1, 0.15) is 68.8 Å². The van der Waals surface area contributed by atoms with Crippen molar-refractivity contribution in [2.45, 2.75) is 64.5 Å². The van der Waals surface area contributed by atoms with Crippen LogP contribution in [0.3, 0.4) is 0 Å². The van der Waals surface area contributed by atoms with Crippen LogP contribution in [0.2, 0.25) is 5.02 Å². The van der Waals surface area contributed by atoms with Crippen molar-refractivity contribution in [3.63, 3.8) is 0 Å². The number of nitrogens with one attached hydrogen (secondary N) is 4. The van der Waals surface area contributed by atoms with Gasteiger partial charge in [0.15, 0.2) is 23.9 Å². The average molecular weight is 883 g/mol. The van der Waals surface area contributed by atoms with Gasteiger partial charge in [-0.1, -0.05) is 17.7 Å². The Morgan fingerprint density at radius 2 is 1.76 bits per heavy atom. The molecule has 4 N–H and O–H groups in total. The molecule has 0 saturated carbocycles. The van der Waals surface area contributed by atoms with Gasteiger partial charge in [-0.15, -0.1) is 0 Å². The van der Waals surface area contributed by atoms with Crippen molar-refractivity contribution >= 4 is 69.3 Å². The molecule has 4 aromatic rings. The largest absolute Gasteiger partial charge is 0.494 e. The van der Waals surface area contributed by atoms with Gasteiger partial charge in [-0.25, -0.2) is 4.98 Å². The van der Waals surface area contributed by atoms with Gasteiger partial charge in [0.05, 0.1) is 30.1 Å². The highest BCUT2D eigenvalue weighted by atomic mass is 35.5. The number of benzene rings is 2. The maximum Gasteiger partial charge on any atom is 0.293 e. The van der Waals surface area contributed by atoms with Gasteiger partial charge < -0.3 is 44.7 Å². The fourth-order valence-electron chi connectivity index (χ4n) is 9.34. The number of likely N-dealkylation sites (N-methyl/N-ethyl adjacent to an activating group) is 1. The molecule has 2 aromatic heterocycles. The van der Waals surface area contributed by atoms with E-state index < -0.39 is 17.9 Å². The molecule has 6 heterocycles. The molecule has 18 heteroatoms. The number of likely N-dealkylation sites (tertiary alicyclic amines) is 1. The van der Waals surface area contributed by atoms with Crippen molar-refractivity contribution in [3.8, 4) is 11.5 Å². The number of amides is 4. The van der Waals surface area contributed by atoms with Gasteiger partial charge in [-0.3, -0.25) is 29.3 Å². The van der Waals surface area contributed by atoms with Crippen LogP contribution in [0, 0.1) is 11.3 Å². The summed E-state index contributed by atoms with van der Waals surface area (Å²) in [6.45, 7) is 10.2. The van der Waals surface area contributed by atoms with E-state index in [0.717, 1.165) is 93.8 Å². The van der Waals surface area contributed by atoms with Gasteiger partial charge in [0.25, 0.3) is 17.4 Å². The van der Waals surface area contributed by atoms with Gasteiger partial charge in [0.2, 0.25) is 17.8 Å². The number of rotatable bonds is 13. The van der Waals surface area contributed by atoms with E-state index in [-0.39, 0.29) is 54.0 Å². The molecule has 1 spiro atoms. The summed E-state index contributed by atoms with van der Waals surface area (Å²) in [7, 11) is 3.08. The standard InChI is InChI=1S/C45H55ClN10O7/c1-27(2)56-34-10-8-30(20-29(34)21-36(43(56)61)63-24-38(58)47-3)49-40-32(46)22-48-44(52-40)54-16-12-28(13-17-54)23-53-18-14-45(15-19-53)25-55(26-45)35-7-5-6-31(39(35)62-4)41(59)50-33-9-11-37(57)51-42(33)60/h5-8,10,20-22,27-28,33H,9,11-19,23-26H2,1-4H3,(H,47,58)(H,50,59)(H,48,49,52)(H,51,57,60). The molecule has 4 saturated heterocycles. The lowest BCUT2D eigenvalue weighted by molar-refractivity contribution is -0.134.